The van der Waals surface area contributed by atoms with Crippen LogP contribution in [-0.4, -0.2) is 81.3 Å². The van der Waals surface area contributed by atoms with Crippen molar-refractivity contribution in [3.05, 3.63) is 77.9 Å². The van der Waals surface area contributed by atoms with Gasteiger partial charge in [-0.2, -0.15) is 13.2 Å². The lowest BCUT2D eigenvalue weighted by Crippen LogP contribution is -2.50. The van der Waals surface area contributed by atoms with Gasteiger partial charge in [-0.15, -0.1) is 0 Å². The minimum atomic E-state index is -4.51. The van der Waals surface area contributed by atoms with E-state index in [0.717, 1.165) is 24.3 Å². The number of sulfonamides is 1. The molecule has 0 aliphatic carbocycles. The van der Waals surface area contributed by atoms with Crippen LogP contribution in [0.4, 0.5) is 29.3 Å². The van der Waals surface area contributed by atoms with Crippen molar-refractivity contribution < 1.29 is 45.8 Å². The molecule has 0 aromatic heterocycles. The van der Waals surface area contributed by atoms with E-state index in [2.05, 4.69) is 10.0 Å². The van der Waals surface area contributed by atoms with Gasteiger partial charge in [0.05, 0.1) is 42.3 Å². The summed E-state index contributed by atoms with van der Waals surface area (Å²) in [5.41, 5.74) is -0.535. The van der Waals surface area contributed by atoms with Crippen LogP contribution in [0.25, 0.3) is 0 Å². The van der Waals surface area contributed by atoms with Gasteiger partial charge in [0.2, 0.25) is 0 Å². The fraction of sp³-hybridized carbons (Fsp3) is 0.355. The number of benzene rings is 3. The summed E-state index contributed by atoms with van der Waals surface area (Å²) < 4.78 is 78.6. The Balaban J connectivity index is 1.57. The van der Waals surface area contributed by atoms with Gasteiger partial charge >= 0.3 is 12.2 Å². The zero-order chi connectivity index (χ0) is 33.8. The van der Waals surface area contributed by atoms with Crippen molar-refractivity contribution in [2.45, 2.75) is 37.1 Å². The zero-order valence-electron chi connectivity index (χ0n) is 25.5. The number of aliphatic hydroxyl groups excluding tert-OH is 1. The highest BCUT2D eigenvalue weighted by Crippen LogP contribution is 2.32. The number of nitrogens with one attached hydrogen (secondary N) is 2. The third-order valence-electron chi connectivity index (χ3n) is 7.55. The van der Waals surface area contributed by atoms with E-state index in [0.29, 0.717) is 5.75 Å². The highest BCUT2D eigenvalue weighted by Gasteiger charge is 2.35. The summed E-state index contributed by atoms with van der Waals surface area (Å²) in [7, 11) is -1.08. The molecule has 1 heterocycles. The average molecular weight is 665 g/mol. The Hall–Kier alpha value is -4.50. The number of anilines is 2. The van der Waals surface area contributed by atoms with Crippen molar-refractivity contribution in [3.8, 4) is 11.5 Å². The van der Waals surface area contributed by atoms with E-state index in [-0.39, 0.29) is 53.2 Å². The van der Waals surface area contributed by atoms with Crippen LogP contribution in [0.5, 0.6) is 11.5 Å². The van der Waals surface area contributed by atoms with E-state index in [4.69, 9.17) is 9.47 Å². The van der Waals surface area contributed by atoms with E-state index in [1.54, 1.807) is 6.92 Å². The molecule has 248 valence electrons. The lowest BCUT2D eigenvalue weighted by atomic mass is 9.99. The van der Waals surface area contributed by atoms with E-state index >= 15 is 0 Å². The molecule has 4 rings (SSSR count). The maximum absolute atomic E-state index is 13.7. The first-order valence-corrected chi connectivity index (χ1v) is 15.7. The van der Waals surface area contributed by atoms with Crippen molar-refractivity contribution in [2.24, 2.45) is 5.92 Å². The first-order chi connectivity index (χ1) is 21.6. The second-order valence-electron chi connectivity index (χ2n) is 11.0. The van der Waals surface area contributed by atoms with Crippen LogP contribution in [0.15, 0.2) is 71.6 Å². The molecule has 3 N–H and O–H groups in total. The second-order valence-corrected chi connectivity index (χ2v) is 12.7. The molecule has 0 saturated heterocycles. The molecular formula is C31H35F3N4O7S. The van der Waals surface area contributed by atoms with Crippen LogP contribution >= 0.6 is 0 Å². The minimum absolute atomic E-state index is 0.0223. The summed E-state index contributed by atoms with van der Waals surface area (Å²) in [5, 5.41) is 12.5. The molecule has 15 heteroatoms. The van der Waals surface area contributed by atoms with E-state index in [9.17, 15) is 36.3 Å². The highest BCUT2D eigenvalue weighted by atomic mass is 32.2. The number of carbonyl (C=O) groups is 2. The smallest absolute Gasteiger partial charge is 0.416 e. The first-order valence-electron chi connectivity index (χ1n) is 14.2. The van der Waals surface area contributed by atoms with Gasteiger partial charge in [-0.3, -0.25) is 9.52 Å². The molecule has 0 saturated carbocycles. The van der Waals surface area contributed by atoms with Gasteiger partial charge in [-0.1, -0.05) is 6.92 Å². The maximum Gasteiger partial charge on any atom is 0.416 e. The third kappa shape index (κ3) is 8.01. The summed E-state index contributed by atoms with van der Waals surface area (Å²) in [6.45, 7) is 3.31. The van der Waals surface area contributed by atoms with Crippen LogP contribution in [0.3, 0.4) is 0 Å². The maximum atomic E-state index is 13.7. The molecule has 0 spiro atoms. The van der Waals surface area contributed by atoms with Crippen molar-refractivity contribution in [1.82, 2.24) is 9.80 Å². The molecule has 1 aliphatic rings. The van der Waals surface area contributed by atoms with E-state index < -0.39 is 45.8 Å². The molecule has 0 bridgehead atoms. The van der Waals surface area contributed by atoms with Crippen LogP contribution in [0.1, 0.15) is 29.8 Å². The number of urea groups is 1. The molecular weight excluding hydrogens is 629 g/mol. The number of halogens is 3. The van der Waals surface area contributed by atoms with Crippen molar-refractivity contribution in [1.29, 1.82) is 0 Å². The monoisotopic (exact) mass is 664 g/mol. The zero-order valence-corrected chi connectivity index (χ0v) is 26.4. The number of hydrogen-bond donors (Lipinski definition) is 3. The molecule has 3 aromatic carbocycles. The number of nitrogens with zero attached hydrogens (tertiary/aromatic N) is 2. The first kappa shape index (κ1) is 34.4. The topological polar surface area (TPSA) is 138 Å². The number of hydrogen-bond acceptors (Lipinski definition) is 7. The molecule has 11 nitrogen and oxygen atoms in total. The average Bonchev–Trinajstić information content (AvgIpc) is 3.02. The summed E-state index contributed by atoms with van der Waals surface area (Å²) in [5.74, 6) is -0.213. The number of methoxy groups -OCH3 is 1. The Morgan fingerprint density at radius 2 is 1.74 bits per heavy atom. The van der Waals surface area contributed by atoms with Gasteiger partial charge in [0.25, 0.3) is 15.9 Å². The van der Waals surface area contributed by atoms with Crippen LogP contribution < -0.4 is 19.5 Å². The van der Waals surface area contributed by atoms with Gasteiger partial charge in [0, 0.05) is 30.9 Å². The molecule has 3 amide bonds. The lowest BCUT2D eigenvalue weighted by Gasteiger charge is -2.38. The Labute approximate surface area is 265 Å². The van der Waals surface area contributed by atoms with Crippen LogP contribution in [0.2, 0.25) is 0 Å². The van der Waals surface area contributed by atoms with Crippen LogP contribution in [0, 0.1) is 5.92 Å². The van der Waals surface area contributed by atoms with E-state index in [1.165, 1.54) is 66.4 Å². The lowest BCUT2D eigenvalue weighted by molar-refractivity contribution is -0.137. The number of carbonyl (C=O) groups excluding carboxylic acids is 2. The molecule has 0 radical (unpaired) electrons. The number of fused-ring (bicyclic) bond motifs is 1. The van der Waals surface area contributed by atoms with Crippen molar-refractivity contribution >= 4 is 33.3 Å². The predicted molar refractivity (Wildman–Crippen MR) is 165 cm³/mol. The summed E-state index contributed by atoms with van der Waals surface area (Å²) in [6.07, 6.45) is -5.18. The van der Waals surface area contributed by atoms with Gasteiger partial charge in [0.15, 0.2) is 0 Å². The van der Waals surface area contributed by atoms with E-state index in [1.807, 2.05) is 6.92 Å². The number of ether oxygens (including phenoxy) is 2. The quantitative estimate of drug-likeness (QED) is 0.296. The Morgan fingerprint density at radius 1 is 1.11 bits per heavy atom. The molecule has 1 aliphatic heterocycles. The Kier molecular flexibility index (Phi) is 10.4. The van der Waals surface area contributed by atoms with Crippen molar-refractivity contribution in [2.75, 3.05) is 43.9 Å². The third-order valence-corrected chi connectivity index (χ3v) is 8.95. The highest BCUT2D eigenvalue weighted by molar-refractivity contribution is 7.92. The number of amides is 3. The van der Waals surface area contributed by atoms with Crippen molar-refractivity contribution in [3.63, 3.8) is 0 Å². The predicted octanol–water partition coefficient (Wildman–Crippen LogP) is 4.90. The SMILES string of the molecule is COc1ccc(S(=O)(=O)Nc2ccc3c(c2)C(=O)N([C@H](C)CO)C[C@H](C)[C@@H](CN(C)C(=O)Nc2ccc(C(F)(F)F)cc2)O3)cc1. The largest absolute Gasteiger partial charge is 0.497 e. The number of likely N-dealkylation sites (N-methyl/N-ethyl adjacent to an activating group) is 1. The number of rotatable bonds is 9. The fourth-order valence-corrected chi connectivity index (χ4v) is 5.84. The molecule has 0 unspecified atom stereocenters. The van der Waals surface area contributed by atoms with Gasteiger partial charge in [-0.05, 0) is 73.7 Å². The molecule has 0 fully saturated rings. The second kappa shape index (κ2) is 13.9. The normalized spacial score (nSPS) is 17.6. The minimum Gasteiger partial charge on any atom is -0.497 e. The molecule has 3 aromatic rings. The summed E-state index contributed by atoms with van der Waals surface area (Å²) in [4.78, 5) is 29.4. The molecule has 46 heavy (non-hydrogen) atoms. The van der Waals surface area contributed by atoms with Crippen LogP contribution in [-0.2, 0) is 16.2 Å². The Morgan fingerprint density at radius 3 is 2.33 bits per heavy atom. The number of alkyl halides is 3. The number of aliphatic hydroxyl groups is 1. The fourth-order valence-electron chi connectivity index (χ4n) is 4.79. The van der Waals surface area contributed by atoms with Gasteiger partial charge in [-0.25, -0.2) is 13.2 Å². The summed E-state index contributed by atoms with van der Waals surface area (Å²) >= 11 is 0. The molecule has 3 atom stereocenters. The Bertz CT molecular complexity index is 1650. The summed E-state index contributed by atoms with van der Waals surface area (Å²) in [6, 6.07) is 12.9. The standard InChI is InChI=1S/C31H35F3N4O7S/c1-19-16-38(20(2)18-39)29(40)26-15-23(36-46(42,43)25-12-10-24(44-4)11-13-25)9-14-27(26)45-28(19)17-37(3)30(41)35-22-7-5-21(6-8-22)31(32,33)34/h5-15,19-20,28,36,39H,16-18H2,1-4H3,(H,35,41)/t19-,20+,28+/m0/s1. The van der Waals surface area contributed by atoms with Gasteiger partial charge < -0.3 is 29.7 Å². The van der Waals surface area contributed by atoms with Gasteiger partial charge in [0.1, 0.15) is 17.6 Å².